The summed E-state index contributed by atoms with van der Waals surface area (Å²) in [5.41, 5.74) is 1.60. The van der Waals surface area contributed by atoms with E-state index in [1.165, 1.54) is 0 Å². The van der Waals surface area contributed by atoms with E-state index in [2.05, 4.69) is 38.8 Å². The number of aryl methyl sites for hydroxylation is 1. The average Bonchev–Trinajstić information content (AvgIpc) is 3.05. The summed E-state index contributed by atoms with van der Waals surface area (Å²) in [5.74, 6) is 1.19. The highest BCUT2D eigenvalue weighted by Crippen LogP contribution is 2.26. The van der Waals surface area contributed by atoms with Crippen LogP contribution >= 0.6 is 0 Å². The molecule has 0 amide bonds. The molecule has 0 atom stereocenters. The summed E-state index contributed by atoms with van der Waals surface area (Å²) in [7, 11) is 1.64. The summed E-state index contributed by atoms with van der Waals surface area (Å²) in [6, 6.07) is 2.95. The smallest absolute Gasteiger partial charge is 0.318 e. The Labute approximate surface area is 136 Å². The molecule has 1 aliphatic heterocycles. The lowest BCUT2D eigenvalue weighted by Gasteiger charge is -2.35. The molecular formula is C16H23N5O2. The first kappa shape index (κ1) is 15.7. The fourth-order valence-corrected chi connectivity index (χ4v) is 2.72. The first-order valence-electron chi connectivity index (χ1n) is 7.92. The van der Waals surface area contributed by atoms with Crippen molar-refractivity contribution in [1.82, 2.24) is 20.1 Å². The van der Waals surface area contributed by atoms with Crippen molar-refractivity contribution in [2.45, 2.75) is 26.8 Å². The lowest BCUT2D eigenvalue weighted by Crippen LogP contribution is -2.49. The molecule has 0 N–H and O–H groups in total. The Kier molecular flexibility index (Phi) is 4.47. The van der Waals surface area contributed by atoms with Crippen LogP contribution in [0.3, 0.4) is 0 Å². The Morgan fingerprint density at radius 1 is 1.17 bits per heavy atom. The lowest BCUT2D eigenvalue weighted by molar-refractivity contribution is 0.206. The van der Waals surface area contributed by atoms with Crippen LogP contribution in [0.2, 0.25) is 0 Å². The molecule has 2 aromatic heterocycles. The summed E-state index contributed by atoms with van der Waals surface area (Å²) in [6.45, 7) is 10.2. The number of hydrogen-bond acceptors (Lipinski definition) is 7. The molecule has 0 unspecified atom stereocenters. The van der Waals surface area contributed by atoms with Gasteiger partial charge in [0.15, 0.2) is 0 Å². The summed E-state index contributed by atoms with van der Waals surface area (Å²) in [6.07, 6.45) is 1.75. The topological polar surface area (TPSA) is 67.5 Å². The van der Waals surface area contributed by atoms with Gasteiger partial charge in [0.2, 0.25) is 0 Å². The highest BCUT2D eigenvalue weighted by molar-refractivity contribution is 5.52. The SMILES string of the molecule is COc1cc(-c2nnc(N3CCN(C(C)C)CC3)o2)ncc1C. The third-order valence-corrected chi connectivity index (χ3v) is 4.22. The maximum Gasteiger partial charge on any atom is 0.318 e. The molecule has 1 aliphatic rings. The van der Waals surface area contributed by atoms with Gasteiger partial charge in [-0.3, -0.25) is 9.88 Å². The van der Waals surface area contributed by atoms with E-state index in [0.29, 0.717) is 23.6 Å². The normalized spacial score (nSPS) is 16.1. The van der Waals surface area contributed by atoms with Gasteiger partial charge in [-0.05, 0) is 20.8 Å². The molecule has 2 aromatic rings. The molecule has 3 heterocycles. The largest absolute Gasteiger partial charge is 0.496 e. The molecule has 0 radical (unpaired) electrons. The van der Waals surface area contributed by atoms with E-state index in [0.717, 1.165) is 37.5 Å². The van der Waals surface area contributed by atoms with Crippen molar-refractivity contribution < 1.29 is 9.15 Å². The van der Waals surface area contributed by atoms with Crippen molar-refractivity contribution >= 4 is 6.01 Å². The average molecular weight is 317 g/mol. The van der Waals surface area contributed by atoms with Gasteiger partial charge in [-0.2, -0.15) is 0 Å². The number of ether oxygens (including phenoxy) is 1. The quantitative estimate of drug-likeness (QED) is 0.854. The molecule has 1 saturated heterocycles. The van der Waals surface area contributed by atoms with Gasteiger partial charge in [0, 0.05) is 50.0 Å². The predicted octanol–water partition coefficient (Wildman–Crippen LogP) is 1.98. The molecule has 1 fully saturated rings. The molecule has 23 heavy (non-hydrogen) atoms. The van der Waals surface area contributed by atoms with Crippen LogP contribution in [-0.4, -0.2) is 59.4 Å². The Balaban J connectivity index is 1.74. The van der Waals surface area contributed by atoms with Crippen molar-refractivity contribution in [1.29, 1.82) is 0 Å². The second-order valence-electron chi connectivity index (χ2n) is 6.05. The number of hydrogen-bond donors (Lipinski definition) is 0. The maximum atomic E-state index is 5.81. The number of nitrogens with zero attached hydrogens (tertiary/aromatic N) is 5. The highest BCUT2D eigenvalue weighted by Gasteiger charge is 2.23. The number of aromatic nitrogens is 3. The predicted molar refractivity (Wildman–Crippen MR) is 87.7 cm³/mol. The molecule has 0 aromatic carbocycles. The van der Waals surface area contributed by atoms with Crippen molar-refractivity contribution in [2.24, 2.45) is 0 Å². The van der Waals surface area contributed by atoms with Crippen molar-refractivity contribution in [3.8, 4) is 17.3 Å². The molecule has 124 valence electrons. The van der Waals surface area contributed by atoms with Crippen LogP contribution in [0.15, 0.2) is 16.7 Å². The summed E-state index contributed by atoms with van der Waals surface area (Å²) in [4.78, 5) is 8.92. The van der Waals surface area contributed by atoms with Gasteiger partial charge < -0.3 is 14.1 Å². The number of rotatable bonds is 4. The fraction of sp³-hybridized carbons (Fsp3) is 0.562. The minimum absolute atomic E-state index is 0.421. The summed E-state index contributed by atoms with van der Waals surface area (Å²) >= 11 is 0. The van der Waals surface area contributed by atoms with Crippen LogP contribution in [0.5, 0.6) is 5.75 Å². The van der Waals surface area contributed by atoms with E-state index in [4.69, 9.17) is 9.15 Å². The van der Waals surface area contributed by atoms with Gasteiger partial charge in [0.25, 0.3) is 5.89 Å². The van der Waals surface area contributed by atoms with Crippen LogP contribution in [0, 0.1) is 6.92 Å². The second-order valence-corrected chi connectivity index (χ2v) is 6.05. The molecule has 3 rings (SSSR count). The molecular weight excluding hydrogens is 294 g/mol. The maximum absolute atomic E-state index is 5.81. The first-order valence-corrected chi connectivity index (χ1v) is 7.92. The van der Waals surface area contributed by atoms with E-state index >= 15 is 0 Å². The van der Waals surface area contributed by atoms with Crippen LogP contribution < -0.4 is 9.64 Å². The molecule has 0 spiro atoms. The Bertz CT molecular complexity index is 662. The van der Waals surface area contributed by atoms with Gasteiger partial charge in [-0.1, -0.05) is 5.10 Å². The van der Waals surface area contributed by atoms with E-state index in [1.807, 2.05) is 13.0 Å². The zero-order valence-electron chi connectivity index (χ0n) is 14.1. The van der Waals surface area contributed by atoms with E-state index in [1.54, 1.807) is 13.3 Å². The molecule has 7 heteroatoms. The number of methoxy groups -OCH3 is 1. The van der Waals surface area contributed by atoms with Gasteiger partial charge in [0.05, 0.1) is 7.11 Å². The van der Waals surface area contributed by atoms with Crippen molar-refractivity contribution in [2.75, 3.05) is 38.2 Å². The van der Waals surface area contributed by atoms with Gasteiger partial charge in [-0.25, -0.2) is 0 Å². The van der Waals surface area contributed by atoms with E-state index in [-0.39, 0.29) is 0 Å². The standard InChI is InChI=1S/C16H23N5O2/c1-11(2)20-5-7-21(8-6-20)16-19-18-15(23-16)13-9-14(22-4)12(3)10-17-13/h9-11H,5-8H2,1-4H3. The minimum atomic E-state index is 0.421. The monoisotopic (exact) mass is 317 g/mol. The molecule has 0 bridgehead atoms. The Morgan fingerprint density at radius 3 is 2.57 bits per heavy atom. The Hall–Kier alpha value is -2.15. The number of piperazine rings is 1. The molecule has 0 saturated carbocycles. The van der Waals surface area contributed by atoms with E-state index < -0.39 is 0 Å². The van der Waals surface area contributed by atoms with Crippen LogP contribution in [0.1, 0.15) is 19.4 Å². The van der Waals surface area contributed by atoms with Crippen LogP contribution in [-0.2, 0) is 0 Å². The van der Waals surface area contributed by atoms with Gasteiger partial charge in [-0.15, -0.1) is 5.10 Å². The highest BCUT2D eigenvalue weighted by atomic mass is 16.5. The summed E-state index contributed by atoms with van der Waals surface area (Å²) in [5, 5.41) is 8.30. The van der Waals surface area contributed by atoms with E-state index in [9.17, 15) is 0 Å². The lowest BCUT2D eigenvalue weighted by atomic mass is 10.2. The van der Waals surface area contributed by atoms with Gasteiger partial charge >= 0.3 is 6.01 Å². The zero-order chi connectivity index (χ0) is 16.4. The number of anilines is 1. The first-order chi connectivity index (χ1) is 11.1. The number of pyridine rings is 1. The zero-order valence-corrected chi connectivity index (χ0v) is 14.1. The van der Waals surface area contributed by atoms with Crippen LogP contribution in [0.4, 0.5) is 6.01 Å². The Morgan fingerprint density at radius 2 is 1.91 bits per heavy atom. The fourth-order valence-electron chi connectivity index (χ4n) is 2.72. The minimum Gasteiger partial charge on any atom is -0.496 e. The third-order valence-electron chi connectivity index (χ3n) is 4.22. The van der Waals surface area contributed by atoms with Crippen LogP contribution in [0.25, 0.3) is 11.6 Å². The van der Waals surface area contributed by atoms with Gasteiger partial charge in [0.1, 0.15) is 11.4 Å². The molecule has 0 aliphatic carbocycles. The summed E-state index contributed by atoms with van der Waals surface area (Å²) < 4.78 is 11.1. The third kappa shape index (κ3) is 3.29. The van der Waals surface area contributed by atoms with Crippen molar-refractivity contribution in [3.63, 3.8) is 0 Å². The second kappa shape index (κ2) is 6.54. The van der Waals surface area contributed by atoms with Crippen molar-refractivity contribution in [3.05, 3.63) is 17.8 Å². The molecule has 7 nitrogen and oxygen atoms in total.